The minimum absolute atomic E-state index is 0.0155. The predicted molar refractivity (Wildman–Crippen MR) is 107 cm³/mol. The zero-order chi connectivity index (χ0) is 21.6. The molecule has 8 nitrogen and oxygen atoms in total. The van der Waals surface area contributed by atoms with Gasteiger partial charge in [0.25, 0.3) is 0 Å². The number of nitrogens with zero attached hydrogens (tertiary/aromatic N) is 2. The SMILES string of the molecule is COc1cc(C)c(CN(C)C(=O)CNS(=O)(=O)c2ccccc2C#N)cc1OC. The first-order valence-corrected chi connectivity index (χ1v) is 10.2. The molecule has 0 aliphatic carbocycles. The van der Waals surface area contributed by atoms with E-state index in [0.717, 1.165) is 11.1 Å². The highest BCUT2D eigenvalue weighted by atomic mass is 32.2. The second kappa shape index (κ2) is 9.41. The first-order valence-electron chi connectivity index (χ1n) is 8.67. The van der Waals surface area contributed by atoms with Gasteiger partial charge in [-0.2, -0.15) is 5.26 Å². The van der Waals surface area contributed by atoms with Crippen LogP contribution in [0, 0.1) is 18.3 Å². The highest BCUT2D eigenvalue weighted by Crippen LogP contribution is 2.30. The molecule has 2 rings (SSSR count). The van der Waals surface area contributed by atoms with Crippen LogP contribution in [0.25, 0.3) is 0 Å². The average Bonchev–Trinajstić information content (AvgIpc) is 2.72. The highest BCUT2D eigenvalue weighted by molar-refractivity contribution is 7.89. The summed E-state index contributed by atoms with van der Waals surface area (Å²) in [6, 6.07) is 11.2. The van der Waals surface area contributed by atoms with Crippen molar-refractivity contribution in [3.8, 4) is 17.6 Å². The minimum Gasteiger partial charge on any atom is -0.493 e. The summed E-state index contributed by atoms with van der Waals surface area (Å²) in [6.45, 7) is 1.73. The van der Waals surface area contributed by atoms with Crippen LogP contribution in [0.4, 0.5) is 0 Å². The number of carbonyl (C=O) groups is 1. The maximum Gasteiger partial charge on any atom is 0.242 e. The number of amides is 1. The molecule has 1 N–H and O–H groups in total. The van der Waals surface area contributed by atoms with Gasteiger partial charge in [0.1, 0.15) is 6.07 Å². The number of carbonyl (C=O) groups excluding carboxylic acids is 1. The molecular weight excluding hydrogens is 394 g/mol. The van der Waals surface area contributed by atoms with E-state index in [1.54, 1.807) is 26.3 Å². The second-order valence-electron chi connectivity index (χ2n) is 6.32. The van der Waals surface area contributed by atoms with Crippen LogP contribution in [0.2, 0.25) is 0 Å². The van der Waals surface area contributed by atoms with Crippen LogP contribution >= 0.6 is 0 Å². The molecule has 0 saturated heterocycles. The van der Waals surface area contributed by atoms with Crippen LogP contribution in [0.5, 0.6) is 11.5 Å². The summed E-state index contributed by atoms with van der Waals surface area (Å²) < 4.78 is 37.7. The molecule has 0 aliphatic rings. The molecule has 0 bridgehead atoms. The topological polar surface area (TPSA) is 109 Å². The summed E-state index contributed by atoms with van der Waals surface area (Å²) in [7, 11) is 0.663. The van der Waals surface area contributed by atoms with Gasteiger partial charge in [0.2, 0.25) is 15.9 Å². The quantitative estimate of drug-likeness (QED) is 0.702. The maximum atomic E-state index is 12.4. The molecule has 2 aromatic rings. The Morgan fingerprint density at radius 1 is 1.17 bits per heavy atom. The van der Waals surface area contributed by atoms with Crippen molar-refractivity contribution in [3.63, 3.8) is 0 Å². The molecule has 0 aromatic heterocycles. The lowest BCUT2D eigenvalue weighted by Gasteiger charge is -2.20. The van der Waals surface area contributed by atoms with E-state index >= 15 is 0 Å². The predicted octanol–water partition coefficient (Wildman–Crippen LogP) is 1.82. The number of hydrogen-bond acceptors (Lipinski definition) is 6. The average molecular weight is 417 g/mol. The van der Waals surface area contributed by atoms with E-state index in [1.165, 1.54) is 30.2 Å². The number of ether oxygens (including phenoxy) is 2. The molecule has 0 spiro atoms. The molecule has 0 aliphatic heterocycles. The van der Waals surface area contributed by atoms with Gasteiger partial charge < -0.3 is 14.4 Å². The van der Waals surface area contributed by atoms with Gasteiger partial charge in [-0.25, -0.2) is 13.1 Å². The first kappa shape index (κ1) is 22.2. The van der Waals surface area contributed by atoms with Crippen LogP contribution in [0.3, 0.4) is 0 Å². The maximum absolute atomic E-state index is 12.4. The van der Waals surface area contributed by atoms with Crippen LogP contribution < -0.4 is 14.2 Å². The number of benzene rings is 2. The Morgan fingerprint density at radius 3 is 2.41 bits per heavy atom. The van der Waals surface area contributed by atoms with E-state index in [1.807, 2.05) is 19.1 Å². The number of sulfonamides is 1. The fraction of sp³-hybridized carbons (Fsp3) is 0.300. The molecule has 1 amide bonds. The Morgan fingerprint density at radius 2 is 1.79 bits per heavy atom. The highest BCUT2D eigenvalue weighted by Gasteiger charge is 2.21. The van der Waals surface area contributed by atoms with Gasteiger partial charge in [0.15, 0.2) is 11.5 Å². The molecule has 0 fully saturated rings. The molecule has 0 saturated carbocycles. The molecular formula is C20H23N3O5S. The summed E-state index contributed by atoms with van der Waals surface area (Å²) in [5.41, 5.74) is 1.77. The summed E-state index contributed by atoms with van der Waals surface area (Å²) >= 11 is 0. The van der Waals surface area contributed by atoms with Gasteiger partial charge in [-0.1, -0.05) is 12.1 Å². The number of nitriles is 1. The Balaban J connectivity index is 2.09. The lowest BCUT2D eigenvalue weighted by atomic mass is 10.1. The summed E-state index contributed by atoms with van der Waals surface area (Å²) in [5.74, 6) is 0.714. The Labute approximate surface area is 170 Å². The van der Waals surface area contributed by atoms with Crippen molar-refractivity contribution >= 4 is 15.9 Å². The largest absolute Gasteiger partial charge is 0.493 e. The Bertz CT molecular complexity index is 1040. The fourth-order valence-electron chi connectivity index (χ4n) is 2.70. The van der Waals surface area contributed by atoms with E-state index < -0.39 is 22.5 Å². The number of nitrogens with one attached hydrogen (secondary N) is 1. The standard InChI is InChI=1S/C20H23N3O5S/c1-14-9-17(27-3)18(28-4)10-16(14)13-23(2)20(24)12-22-29(25,26)19-8-6-5-7-15(19)11-21/h5-10,22H,12-13H2,1-4H3. The summed E-state index contributed by atoms with van der Waals surface area (Å²) in [5, 5.41) is 9.08. The Hall–Kier alpha value is -3.09. The molecule has 0 unspecified atom stereocenters. The normalized spacial score (nSPS) is 10.9. The number of aryl methyl sites for hydroxylation is 1. The number of hydrogen-bond donors (Lipinski definition) is 1. The van der Waals surface area contributed by atoms with E-state index in [-0.39, 0.29) is 17.0 Å². The summed E-state index contributed by atoms with van der Waals surface area (Å²) in [4.78, 5) is 13.7. The van der Waals surface area contributed by atoms with Crippen LogP contribution in [-0.2, 0) is 21.4 Å². The van der Waals surface area contributed by atoms with Crippen molar-refractivity contribution < 1.29 is 22.7 Å². The van der Waals surface area contributed by atoms with Crippen molar-refractivity contribution in [1.82, 2.24) is 9.62 Å². The van der Waals surface area contributed by atoms with Gasteiger partial charge in [-0.05, 0) is 42.3 Å². The van der Waals surface area contributed by atoms with E-state index in [4.69, 9.17) is 14.7 Å². The van der Waals surface area contributed by atoms with Crippen molar-refractivity contribution in [2.75, 3.05) is 27.8 Å². The van der Waals surface area contributed by atoms with E-state index in [0.29, 0.717) is 11.5 Å². The van der Waals surface area contributed by atoms with Crippen LogP contribution in [-0.4, -0.2) is 47.0 Å². The third kappa shape index (κ3) is 5.25. The zero-order valence-electron chi connectivity index (χ0n) is 16.7. The molecule has 0 heterocycles. The minimum atomic E-state index is -3.99. The Kier molecular flexibility index (Phi) is 7.20. The van der Waals surface area contributed by atoms with Gasteiger partial charge in [0, 0.05) is 13.6 Å². The van der Waals surface area contributed by atoms with Crippen molar-refractivity contribution in [3.05, 3.63) is 53.1 Å². The first-order chi connectivity index (χ1) is 13.7. The van der Waals surface area contributed by atoms with Crippen molar-refractivity contribution in [2.45, 2.75) is 18.4 Å². The van der Waals surface area contributed by atoms with E-state index in [2.05, 4.69) is 4.72 Å². The van der Waals surface area contributed by atoms with Crippen molar-refractivity contribution in [1.29, 1.82) is 5.26 Å². The lowest BCUT2D eigenvalue weighted by molar-refractivity contribution is -0.129. The second-order valence-corrected chi connectivity index (χ2v) is 8.05. The zero-order valence-corrected chi connectivity index (χ0v) is 17.5. The van der Waals surface area contributed by atoms with Crippen LogP contribution in [0.1, 0.15) is 16.7 Å². The van der Waals surface area contributed by atoms with E-state index in [9.17, 15) is 13.2 Å². The fourth-order valence-corrected chi connectivity index (χ4v) is 3.83. The molecule has 2 aromatic carbocycles. The third-order valence-corrected chi connectivity index (χ3v) is 5.85. The van der Waals surface area contributed by atoms with Crippen LogP contribution in [0.15, 0.2) is 41.3 Å². The molecule has 9 heteroatoms. The molecule has 0 radical (unpaired) electrons. The van der Waals surface area contributed by atoms with Gasteiger partial charge >= 0.3 is 0 Å². The third-order valence-electron chi connectivity index (χ3n) is 4.39. The number of likely N-dealkylation sites (N-methyl/N-ethyl adjacent to an activating group) is 1. The molecule has 154 valence electrons. The number of methoxy groups -OCH3 is 2. The molecule has 0 atom stereocenters. The number of rotatable bonds is 8. The smallest absolute Gasteiger partial charge is 0.242 e. The van der Waals surface area contributed by atoms with Gasteiger partial charge in [-0.15, -0.1) is 0 Å². The lowest BCUT2D eigenvalue weighted by Crippen LogP contribution is -2.38. The van der Waals surface area contributed by atoms with Crippen molar-refractivity contribution in [2.24, 2.45) is 0 Å². The molecule has 29 heavy (non-hydrogen) atoms. The monoisotopic (exact) mass is 417 g/mol. The van der Waals surface area contributed by atoms with Gasteiger partial charge in [0.05, 0.1) is 31.2 Å². The van der Waals surface area contributed by atoms with Gasteiger partial charge in [-0.3, -0.25) is 4.79 Å². The summed E-state index contributed by atoms with van der Waals surface area (Å²) in [6.07, 6.45) is 0.